The normalized spacial score (nSPS) is 23.6. The van der Waals surface area contributed by atoms with E-state index in [1.165, 1.54) is 12.1 Å². The Bertz CT molecular complexity index is 1990. The topological polar surface area (TPSA) is 147 Å². The number of aryl methyl sites for hydroxylation is 1. The molecule has 2 bridgehead atoms. The van der Waals surface area contributed by atoms with Gasteiger partial charge in [0.2, 0.25) is 5.88 Å². The number of ether oxygens (including phenoxy) is 2. The standard InChI is InChI=1S/C33H35F2N7O3S.2C2H6/c1-6-14(2)38-10-20-16(4)45-31-23-21(15(3)25(40-29(23)39-20)30(43)42-33-11-32(5,12-33)44-13-33)24(35)26(41-31)17-7-8-19(34)27-22(17)18(9-36)28(37)46-27;2*1-2/h7-8,14,16,20,38H,6,10-13,37H2,1-5H3,(H,39,40)(H,42,43);2*1-2H3/t14?,16-,20?,32?,33?;;/m0../s1. The van der Waals surface area contributed by atoms with Gasteiger partial charge in [-0.2, -0.15) is 5.26 Å². The number of nitrogens with two attached hydrogens (primary N) is 1. The minimum absolute atomic E-state index is 0.0477. The summed E-state index contributed by atoms with van der Waals surface area (Å²) >= 11 is 0.922. The number of amides is 1. The maximum Gasteiger partial charge on any atom is 0.270 e. The zero-order valence-electron chi connectivity index (χ0n) is 30.2. The molecule has 6 heterocycles. The van der Waals surface area contributed by atoms with Crippen molar-refractivity contribution in [3.05, 3.63) is 40.6 Å². The molecule has 3 aliphatic heterocycles. The molecule has 4 aliphatic rings. The lowest BCUT2D eigenvalue weighted by Gasteiger charge is -2.42. The fourth-order valence-electron chi connectivity index (χ4n) is 7.13. The molecule has 4 aromatic rings. The maximum atomic E-state index is 17.1. The zero-order chi connectivity index (χ0) is 36.7. The smallest absolute Gasteiger partial charge is 0.270 e. The number of nitrogens with zero attached hydrogens (tertiary/aromatic N) is 3. The predicted octanol–water partition coefficient (Wildman–Crippen LogP) is 7.61. The van der Waals surface area contributed by atoms with Crippen LogP contribution >= 0.6 is 11.3 Å². The fraction of sp³-hybridized carbons (Fsp3) is 0.514. The third-order valence-corrected chi connectivity index (χ3v) is 10.7. The molecule has 1 amide bonds. The van der Waals surface area contributed by atoms with Crippen LogP contribution in [0.4, 0.5) is 19.6 Å². The second-order valence-corrected chi connectivity index (χ2v) is 14.2. The molecule has 3 atom stereocenters. The third kappa shape index (κ3) is 6.22. The van der Waals surface area contributed by atoms with Crippen LogP contribution in [-0.4, -0.2) is 58.4 Å². The number of hydrogen-bond acceptors (Lipinski definition) is 10. The molecule has 3 fully saturated rings. The molecule has 0 radical (unpaired) electrons. The van der Waals surface area contributed by atoms with Crippen molar-refractivity contribution in [1.82, 2.24) is 20.6 Å². The molecule has 1 saturated carbocycles. The minimum atomic E-state index is -0.747. The molecule has 0 spiro atoms. The summed E-state index contributed by atoms with van der Waals surface area (Å²) in [6.45, 7) is 18.6. The number of fused-ring (bicyclic) bond motifs is 2. The third-order valence-electron chi connectivity index (χ3n) is 9.68. The largest absolute Gasteiger partial charge is 0.472 e. The summed E-state index contributed by atoms with van der Waals surface area (Å²) in [5, 5.41) is 20.6. The minimum Gasteiger partial charge on any atom is -0.472 e. The van der Waals surface area contributed by atoms with Gasteiger partial charge in [-0.25, -0.2) is 18.7 Å². The number of carbonyl (C=O) groups is 1. The van der Waals surface area contributed by atoms with E-state index in [1.807, 2.05) is 47.6 Å². The highest BCUT2D eigenvalue weighted by atomic mass is 32.1. The van der Waals surface area contributed by atoms with E-state index in [0.717, 1.165) is 17.8 Å². The lowest BCUT2D eigenvalue weighted by atomic mass is 9.69. The second-order valence-electron chi connectivity index (χ2n) is 13.1. The average molecular weight is 708 g/mol. The monoisotopic (exact) mass is 707 g/mol. The Balaban J connectivity index is 0.00000117. The number of rotatable bonds is 7. The number of thiophene rings is 1. The summed E-state index contributed by atoms with van der Waals surface area (Å²) in [6, 6.07) is 4.57. The SMILES string of the molecule is CC.CC.CCC(C)NCC1Nc2nc(C(=O)NC34COC(C)(C3)C4)c(C)c3c(F)c(-c4ccc(F)c5sc(N)c(C#N)c45)nc(c23)O[C@H]1C. The van der Waals surface area contributed by atoms with Gasteiger partial charge in [-0.1, -0.05) is 34.6 Å². The molecule has 50 heavy (non-hydrogen) atoms. The van der Waals surface area contributed by atoms with Gasteiger partial charge in [0.05, 0.1) is 39.4 Å². The molecular weight excluding hydrogens is 661 g/mol. The summed E-state index contributed by atoms with van der Waals surface area (Å²) in [4.78, 5) is 23.3. The van der Waals surface area contributed by atoms with Crippen molar-refractivity contribution in [3.8, 4) is 23.2 Å². The summed E-state index contributed by atoms with van der Waals surface area (Å²) < 4.78 is 44.4. The van der Waals surface area contributed by atoms with Crippen LogP contribution in [0.2, 0.25) is 0 Å². The Kier molecular flexibility index (Phi) is 10.6. The molecule has 268 valence electrons. The molecule has 3 aromatic heterocycles. The van der Waals surface area contributed by atoms with Gasteiger partial charge >= 0.3 is 0 Å². The highest BCUT2D eigenvalue weighted by molar-refractivity contribution is 7.23. The van der Waals surface area contributed by atoms with Crippen molar-refractivity contribution < 1.29 is 23.0 Å². The Morgan fingerprint density at radius 1 is 1.20 bits per heavy atom. The quantitative estimate of drug-likeness (QED) is 0.152. The van der Waals surface area contributed by atoms with Crippen LogP contribution in [0.1, 0.15) is 96.3 Å². The molecule has 5 N–H and O–H groups in total. The predicted molar refractivity (Wildman–Crippen MR) is 196 cm³/mol. The number of halogens is 2. The molecule has 10 nitrogen and oxygen atoms in total. The number of carbonyl (C=O) groups excluding carboxylic acids is 1. The summed E-state index contributed by atoms with van der Waals surface area (Å²) in [5.74, 6) is -1.36. The number of anilines is 2. The summed E-state index contributed by atoms with van der Waals surface area (Å²) in [5.41, 5.74) is 5.82. The number of nitriles is 1. The van der Waals surface area contributed by atoms with Gasteiger partial charge in [0.1, 0.15) is 40.2 Å². The molecule has 13 heteroatoms. The first kappa shape index (κ1) is 37.1. The Labute approximate surface area is 296 Å². The van der Waals surface area contributed by atoms with Crippen molar-refractivity contribution in [2.75, 3.05) is 24.2 Å². The number of nitrogen functional groups attached to an aromatic ring is 1. The number of benzene rings is 1. The van der Waals surface area contributed by atoms with Gasteiger partial charge in [0.25, 0.3) is 5.91 Å². The van der Waals surface area contributed by atoms with E-state index in [9.17, 15) is 14.4 Å². The highest BCUT2D eigenvalue weighted by Gasteiger charge is 2.60. The van der Waals surface area contributed by atoms with Gasteiger partial charge in [0, 0.05) is 41.8 Å². The van der Waals surface area contributed by atoms with Crippen LogP contribution in [0.15, 0.2) is 12.1 Å². The van der Waals surface area contributed by atoms with Crippen molar-refractivity contribution in [2.45, 2.75) is 111 Å². The van der Waals surface area contributed by atoms with Crippen LogP contribution in [0, 0.1) is 29.9 Å². The van der Waals surface area contributed by atoms with E-state index >= 15 is 4.39 Å². The van der Waals surface area contributed by atoms with Gasteiger partial charge in [-0.05, 0) is 51.8 Å². The second kappa shape index (κ2) is 14.2. The van der Waals surface area contributed by atoms with Gasteiger partial charge in [-0.3, -0.25) is 4.79 Å². The van der Waals surface area contributed by atoms with E-state index in [4.69, 9.17) is 20.2 Å². The van der Waals surface area contributed by atoms with Crippen LogP contribution < -0.4 is 26.4 Å². The van der Waals surface area contributed by atoms with Crippen LogP contribution in [0.3, 0.4) is 0 Å². The Morgan fingerprint density at radius 3 is 2.52 bits per heavy atom. The van der Waals surface area contributed by atoms with Crippen LogP contribution in [-0.2, 0) is 4.74 Å². The van der Waals surface area contributed by atoms with E-state index in [0.29, 0.717) is 36.9 Å². The number of aromatic nitrogens is 2. The van der Waals surface area contributed by atoms with Crippen molar-refractivity contribution in [2.24, 2.45) is 0 Å². The number of pyridine rings is 2. The fourth-order valence-corrected chi connectivity index (χ4v) is 8.08. The van der Waals surface area contributed by atoms with Crippen molar-refractivity contribution in [3.63, 3.8) is 0 Å². The van der Waals surface area contributed by atoms with Gasteiger partial charge in [0.15, 0.2) is 5.82 Å². The molecular formula is C37H47F2N7O3S. The molecule has 8 rings (SSSR count). The molecule has 1 aromatic carbocycles. The lowest BCUT2D eigenvalue weighted by molar-refractivity contribution is 0.0126. The Morgan fingerprint density at radius 2 is 1.90 bits per heavy atom. The van der Waals surface area contributed by atoms with Crippen LogP contribution in [0.5, 0.6) is 5.88 Å². The van der Waals surface area contributed by atoms with E-state index < -0.39 is 29.2 Å². The summed E-state index contributed by atoms with van der Waals surface area (Å²) in [7, 11) is 0. The Hall–Kier alpha value is -4.12. The first-order valence-corrected chi connectivity index (χ1v) is 18.3. The van der Waals surface area contributed by atoms with Crippen molar-refractivity contribution >= 4 is 48.9 Å². The van der Waals surface area contributed by atoms with E-state index in [2.05, 4.69) is 34.8 Å². The lowest BCUT2D eigenvalue weighted by Crippen LogP contribution is -2.58. The maximum absolute atomic E-state index is 17.1. The average Bonchev–Trinajstić information content (AvgIpc) is 3.70. The first-order valence-electron chi connectivity index (χ1n) is 17.5. The van der Waals surface area contributed by atoms with Gasteiger partial charge in [-0.15, -0.1) is 11.3 Å². The van der Waals surface area contributed by atoms with Crippen molar-refractivity contribution in [1.29, 1.82) is 5.26 Å². The zero-order valence-corrected chi connectivity index (χ0v) is 31.0. The molecule has 2 saturated heterocycles. The summed E-state index contributed by atoms with van der Waals surface area (Å²) in [6.07, 6.45) is 1.86. The molecule has 1 aliphatic carbocycles. The first-order chi connectivity index (χ1) is 23.9. The van der Waals surface area contributed by atoms with Crippen LogP contribution in [0.25, 0.3) is 32.1 Å². The number of hydrogen-bond donors (Lipinski definition) is 4. The van der Waals surface area contributed by atoms with Gasteiger partial charge < -0.3 is 31.2 Å². The highest BCUT2D eigenvalue weighted by Crippen LogP contribution is 2.51. The van der Waals surface area contributed by atoms with E-state index in [1.54, 1.807) is 6.92 Å². The number of nitrogens with one attached hydrogen (secondary N) is 3. The van der Waals surface area contributed by atoms with E-state index in [-0.39, 0.29) is 72.4 Å². The molecule has 2 unspecified atom stereocenters.